The Kier molecular flexibility index (Phi) is 24.6. The van der Waals surface area contributed by atoms with Crippen LogP contribution in [0.25, 0.3) is 0 Å². The molecule has 0 bridgehead atoms. The number of Topliss-reactive ketones (excluding diaryl/α,β-unsaturated/α-hetero) is 1. The number of methoxy groups -OCH3 is 1. The average Bonchev–Trinajstić information content (AvgIpc) is 2.91. The summed E-state index contributed by atoms with van der Waals surface area (Å²) in [5.41, 5.74) is 8.61. The van der Waals surface area contributed by atoms with E-state index in [-0.39, 0.29) is 6.42 Å². The van der Waals surface area contributed by atoms with E-state index < -0.39 is 5.92 Å². The van der Waals surface area contributed by atoms with Crippen LogP contribution in [-0.2, 0) is 16.0 Å². The predicted octanol–water partition coefficient (Wildman–Crippen LogP) is 10.5. The number of allylic oxidation sites excluding steroid dienone is 6. The molecule has 1 aromatic rings. The van der Waals surface area contributed by atoms with Crippen LogP contribution < -0.4 is 5.73 Å². The molecule has 0 aliphatic rings. The van der Waals surface area contributed by atoms with Crippen LogP contribution in [0.2, 0.25) is 0 Å². The van der Waals surface area contributed by atoms with Crippen molar-refractivity contribution in [2.75, 3.05) is 12.8 Å². The Morgan fingerprint density at radius 2 is 1.59 bits per heavy atom. The number of aryl methyl sites for hydroxylation is 1. The third-order valence-electron chi connectivity index (χ3n) is 6.47. The van der Waals surface area contributed by atoms with Gasteiger partial charge in [-0.05, 0) is 80.7 Å². The van der Waals surface area contributed by atoms with Gasteiger partial charge < -0.3 is 10.5 Å². The number of rotatable bonds is 17. The number of nitrogen functional groups attached to an aromatic ring is 1. The molecule has 0 aliphatic carbocycles. The van der Waals surface area contributed by atoms with Gasteiger partial charge in [0, 0.05) is 18.5 Å². The average molecular weight is 577 g/mol. The standard InChI is InChI=1S/C19H30F2O.C9H18O.C7H10N2/c1-6-10-16(11-7-2)18(15-22-5)17(12-8-3)13-9-14-19(4,20)21;1-4-6-9(7-5-2)8(3)10;1-2-6-3-4-9-7(8)5-6/h8-9,12-13,15-16H,3,6-7,10-11,14H2,1-2,4-5H3;9H,4-7H2,1-3H3;3-5H,2H2,1H3,(H2,8,9)/b13-9-,17-12+,18-15+;;. The number of hydrogen-bond acceptors (Lipinski definition) is 4. The summed E-state index contributed by atoms with van der Waals surface area (Å²) < 4.78 is 31.2. The fraction of sp³-hybridized carbons (Fsp3) is 0.600. The van der Waals surface area contributed by atoms with E-state index in [9.17, 15) is 13.6 Å². The molecule has 0 unspecified atom stereocenters. The minimum Gasteiger partial charge on any atom is -0.504 e. The van der Waals surface area contributed by atoms with E-state index in [4.69, 9.17) is 10.5 Å². The van der Waals surface area contributed by atoms with E-state index in [0.29, 0.717) is 23.4 Å². The lowest BCUT2D eigenvalue weighted by Gasteiger charge is -2.20. The van der Waals surface area contributed by atoms with Gasteiger partial charge in [-0.3, -0.25) is 4.79 Å². The van der Waals surface area contributed by atoms with Gasteiger partial charge in [0.2, 0.25) is 5.92 Å². The lowest BCUT2D eigenvalue weighted by Crippen LogP contribution is -2.09. The molecule has 0 amide bonds. The maximum absolute atomic E-state index is 13.0. The van der Waals surface area contributed by atoms with Crippen LogP contribution in [0.15, 0.2) is 66.6 Å². The molecule has 41 heavy (non-hydrogen) atoms. The van der Waals surface area contributed by atoms with E-state index >= 15 is 0 Å². The van der Waals surface area contributed by atoms with Crippen molar-refractivity contribution in [1.82, 2.24) is 4.98 Å². The highest BCUT2D eigenvalue weighted by molar-refractivity contribution is 5.78. The zero-order chi connectivity index (χ0) is 31.7. The molecule has 1 heterocycles. The van der Waals surface area contributed by atoms with E-state index in [1.54, 1.807) is 38.6 Å². The Morgan fingerprint density at radius 1 is 1.05 bits per heavy atom. The van der Waals surface area contributed by atoms with Crippen molar-refractivity contribution in [2.45, 2.75) is 119 Å². The largest absolute Gasteiger partial charge is 0.504 e. The number of nitrogens with zero attached hydrogens (tertiary/aromatic N) is 1. The molecular formula is C35H58F2N2O2. The molecule has 6 heteroatoms. The Morgan fingerprint density at radius 3 is 1.95 bits per heavy atom. The summed E-state index contributed by atoms with van der Waals surface area (Å²) in [4.78, 5) is 14.8. The second kappa shape index (κ2) is 25.0. The van der Waals surface area contributed by atoms with E-state index in [1.165, 1.54) is 11.6 Å². The number of aromatic nitrogens is 1. The number of pyridine rings is 1. The maximum Gasteiger partial charge on any atom is 0.248 e. The first kappa shape index (κ1) is 40.4. The second-order valence-electron chi connectivity index (χ2n) is 10.4. The third-order valence-corrected chi connectivity index (χ3v) is 6.47. The summed E-state index contributed by atoms with van der Waals surface area (Å²) >= 11 is 0. The van der Waals surface area contributed by atoms with E-state index in [2.05, 4.69) is 46.2 Å². The Hall–Kier alpha value is -2.76. The van der Waals surface area contributed by atoms with Gasteiger partial charge in [0.25, 0.3) is 0 Å². The van der Waals surface area contributed by atoms with Gasteiger partial charge in [0.05, 0.1) is 13.4 Å². The molecule has 1 aromatic heterocycles. The van der Waals surface area contributed by atoms with Gasteiger partial charge in [0.15, 0.2) is 0 Å². The van der Waals surface area contributed by atoms with Gasteiger partial charge in [0.1, 0.15) is 11.6 Å². The van der Waals surface area contributed by atoms with Crippen LogP contribution in [0.5, 0.6) is 0 Å². The first-order valence-electron chi connectivity index (χ1n) is 15.2. The minimum atomic E-state index is -2.69. The van der Waals surface area contributed by atoms with Crippen LogP contribution in [0.1, 0.15) is 112 Å². The van der Waals surface area contributed by atoms with Crippen molar-refractivity contribution >= 4 is 11.6 Å². The summed E-state index contributed by atoms with van der Waals surface area (Å²) in [6.45, 7) is 17.0. The SMILES string of the molecule is C=C/C=C(\C=C/CC(C)(F)F)C(=C/OC)/C(CCC)CCC.CCCC(CCC)C(C)=O.CCc1ccnc(N)c1. The lowest BCUT2D eigenvalue weighted by atomic mass is 9.86. The number of carbonyl (C=O) groups is 1. The number of nitrogens with two attached hydrogens (primary N) is 1. The van der Waals surface area contributed by atoms with E-state index in [1.807, 2.05) is 18.2 Å². The smallest absolute Gasteiger partial charge is 0.248 e. The van der Waals surface area contributed by atoms with Gasteiger partial charge >= 0.3 is 0 Å². The first-order chi connectivity index (χ1) is 19.4. The molecule has 0 spiro atoms. The van der Waals surface area contributed by atoms with Gasteiger partial charge in [-0.2, -0.15) is 0 Å². The minimum absolute atomic E-state index is 0.270. The van der Waals surface area contributed by atoms with Gasteiger partial charge in [-0.1, -0.05) is 91.2 Å². The van der Waals surface area contributed by atoms with Crippen LogP contribution in [-0.4, -0.2) is 23.8 Å². The number of hydrogen-bond donors (Lipinski definition) is 1. The van der Waals surface area contributed by atoms with Crippen LogP contribution in [0.3, 0.4) is 0 Å². The summed E-state index contributed by atoms with van der Waals surface area (Å²) in [5, 5.41) is 0. The van der Waals surface area contributed by atoms with Crippen LogP contribution in [0, 0.1) is 11.8 Å². The monoisotopic (exact) mass is 576 g/mol. The highest BCUT2D eigenvalue weighted by Crippen LogP contribution is 2.30. The summed E-state index contributed by atoms with van der Waals surface area (Å²) in [6, 6.07) is 3.86. The molecule has 0 radical (unpaired) electrons. The Balaban J connectivity index is 0. The number of ether oxygens (including phenoxy) is 1. The molecule has 0 atom stereocenters. The van der Waals surface area contributed by atoms with Crippen molar-refractivity contribution in [3.8, 4) is 0 Å². The molecule has 1 rings (SSSR count). The topological polar surface area (TPSA) is 65.2 Å². The first-order valence-corrected chi connectivity index (χ1v) is 15.2. The Labute approximate surface area is 250 Å². The highest BCUT2D eigenvalue weighted by atomic mass is 19.3. The molecule has 4 nitrogen and oxygen atoms in total. The van der Waals surface area contributed by atoms with Crippen molar-refractivity contribution in [3.63, 3.8) is 0 Å². The maximum atomic E-state index is 13.0. The lowest BCUT2D eigenvalue weighted by molar-refractivity contribution is -0.121. The highest BCUT2D eigenvalue weighted by Gasteiger charge is 2.19. The molecule has 0 fully saturated rings. The number of halogens is 2. The predicted molar refractivity (Wildman–Crippen MR) is 173 cm³/mol. The zero-order valence-electron chi connectivity index (χ0n) is 27.1. The second-order valence-corrected chi connectivity index (χ2v) is 10.4. The fourth-order valence-electron chi connectivity index (χ4n) is 4.41. The third kappa shape index (κ3) is 21.6. The molecule has 0 saturated heterocycles. The number of carbonyl (C=O) groups excluding carboxylic acids is 1. The van der Waals surface area contributed by atoms with Crippen molar-refractivity contribution in [1.29, 1.82) is 0 Å². The summed E-state index contributed by atoms with van der Waals surface area (Å²) in [6.07, 6.45) is 19.7. The molecular weight excluding hydrogens is 518 g/mol. The number of anilines is 1. The summed E-state index contributed by atoms with van der Waals surface area (Å²) in [7, 11) is 1.62. The van der Waals surface area contributed by atoms with E-state index in [0.717, 1.165) is 75.9 Å². The quantitative estimate of drug-likeness (QED) is 0.148. The van der Waals surface area contributed by atoms with Crippen LogP contribution in [0.4, 0.5) is 14.6 Å². The molecule has 0 aromatic carbocycles. The van der Waals surface area contributed by atoms with Gasteiger partial charge in [-0.25, -0.2) is 13.8 Å². The molecule has 2 N–H and O–H groups in total. The van der Waals surface area contributed by atoms with Crippen molar-refractivity contribution in [2.24, 2.45) is 11.8 Å². The molecule has 234 valence electrons. The number of ketones is 1. The molecule has 0 saturated carbocycles. The van der Waals surface area contributed by atoms with Gasteiger partial charge in [-0.15, -0.1) is 0 Å². The number of alkyl halides is 2. The Bertz CT molecular complexity index is 905. The van der Waals surface area contributed by atoms with Crippen LogP contribution >= 0.6 is 0 Å². The zero-order valence-corrected chi connectivity index (χ0v) is 27.1. The molecule has 0 aliphatic heterocycles. The van der Waals surface area contributed by atoms with Crippen molar-refractivity contribution < 1.29 is 18.3 Å². The fourth-order valence-corrected chi connectivity index (χ4v) is 4.41. The summed E-state index contributed by atoms with van der Waals surface area (Å²) in [5.74, 6) is -1.01. The van der Waals surface area contributed by atoms with Crippen molar-refractivity contribution in [3.05, 3.63) is 72.2 Å². The normalized spacial score (nSPS) is 12.1.